The van der Waals surface area contributed by atoms with Gasteiger partial charge < -0.3 is 20.8 Å². The molecule has 1 heterocycles. The van der Waals surface area contributed by atoms with Gasteiger partial charge in [0.25, 0.3) is 0 Å². The largest absolute Gasteiger partial charge is 0.480 e. The Morgan fingerprint density at radius 1 is 1.56 bits per heavy atom. The molecule has 0 bridgehead atoms. The van der Waals surface area contributed by atoms with Crippen molar-refractivity contribution in [1.29, 1.82) is 0 Å². The Labute approximate surface area is 104 Å². The number of aromatic nitrogens is 2. The van der Waals surface area contributed by atoms with Gasteiger partial charge in [-0.1, -0.05) is 0 Å². The van der Waals surface area contributed by atoms with Crippen molar-refractivity contribution in [1.82, 2.24) is 20.4 Å². The first-order chi connectivity index (χ1) is 8.40. The van der Waals surface area contributed by atoms with E-state index in [1.807, 2.05) is 0 Å². The third-order valence-electron chi connectivity index (χ3n) is 2.23. The van der Waals surface area contributed by atoms with E-state index in [9.17, 15) is 14.7 Å². The van der Waals surface area contributed by atoms with Crippen LogP contribution in [0, 0.1) is 0 Å². The highest BCUT2D eigenvalue weighted by molar-refractivity contribution is 5.82. The number of nitrogens with one attached hydrogen (secondary N) is 2. The molecule has 0 saturated heterocycles. The third kappa shape index (κ3) is 4.06. The summed E-state index contributed by atoms with van der Waals surface area (Å²) in [6.07, 6.45) is 0.549. The topological polar surface area (TPSA) is 116 Å². The highest BCUT2D eigenvalue weighted by atomic mass is 16.4. The fourth-order valence-electron chi connectivity index (χ4n) is 1.31. The van der Waals surface area contributed by atoms with E-state index in [-0.39, 0.29) is 6.54 Å². The van der Waals surface area contributed by atoms with Crippen molar-refractivity contribution in [3.63, 3.8) is 0 Å². The first-order valence-corrected chi connectivity index (χ1v) is 5.34. The molecule has 0 aliphatic rings. The second kappa shape index (κ2) is 6.01. The van der Waals surface area contributed by atoms with Gasteiger partial charge in [-0.15, -0.1) is 0 Å². The number of aryl methyl sites for hydroxylation is 1. The van der Waals surface area contributed by atoms with Crippen LogP contribution in [0.2, 0.25) is 0 Å². The minimum absolute atomic E-state index is 0.179. The molecule has 0 saturated carbocycles. The molecule has 8 heteroatoms. The molecular formula is C10H16N4O4. The number of amides is 2. The average molecular weight is 256 g/mol. The van der Waals surface area contributed by atoms with Gasteiger partial charge in [0.15, 0.2) is 6.04 Å². The Morgan fingerprint density at radius 2 is 2.22 bits per heavy atom. The van der Waals surface area contributed by atoms with Crippen LogP contribution in [0.1, 0.15) is 12.6 Å². The molecule has 1 aromatic rings. The number of carbonyl (C=O) groups excluding carboxylic acids is 1. The lowest BCUT2D eigenvalue weighted by Gasteiger charge is -2.17. The second-order valence-corrected chi connectivity index (χ2v) is 3.86. The Kier molecular flexibility index (Phi) is 4.67. The molecule has 2 atom stereocenters. The van der Waals surface area contributed by atoms with Crippen LogP contribution < -0.4 is 10.6 Å². The zero-order valence-corrected chi connectivity index (χ0v) is 10.1. The lowest BCUT2D eigenvalue weighted by Crippen LogP contribution is -2.51. The third-order valence-corrected chi connectivity index (χ3v) is 2.23. The van der Waals surface area contributed by atoms with Gasteiger partial charge in [0.2, 0.25) is 0 Å². The molecule has 0 aromatic carbocycles. The number of carboxylic acids is 1. The van der Waals surface area contributed by atoms with E-state index in [0.717, 1.165) is 0 Å². The van der Waals surface area contributed by atoms with E-state index in [1.54, 1.807) is 24.0 Å². The average Bonchev–Trinajstić information content (AvgIpc) is 2.68. The number of hydrogen-bond donors (Lipinski definition) is 4. The number of urea groups is 1. The first kappa shape index (κ1) is 14.0. The van der Waals surface area contributed by atoms with Gasteiger partial charge in [-0.25, -0.2) is 9.59 Å². The molecule has 0 radical (unpaired) electrons. The van der Waals surface area contributed by atoms with Crippen LogP contribution in [0.3, 0.4) is 0 Å². The number of nitrogens with zero attached hydrogens (tertiary/aromatic N) is 2. The molecule has 4 N–H and O–H groups in total. The number of rotatable bonds is 5. The first-order valence-electron chi connectivity index (χ1n) is 5.34. The molecule has 8 nitrogen and oxygen atoms in total. The molecule has 0 aliphatic heterocycles. The SMILES string of the molecule is CC(O)C(NC(=O)NCc1ccn(C)n1)C(=O)O. The smallest absolute Gasteiger partial charge is 0.328 e. The van der Waals surface area contributed by atoms with Crippen molar-refractivity contribution in [2.75, 3.05) is 0 Å². The van der Waals surface area contributed by atoms with E-state index >= 15 is 0 Å². The predicted molar refractivity (Wildman–Crippen MR) is 61.7 cm³/mol. The Balaban J connectivity index is 2.43. The van der Waals surface area contributed by atoms with Gasteiger partial charge >= 0.3 is 12.0 Å². The normalized spacial score (nSPS) is 13.7. The summed E-state index contributed by atoms with van der Waals surface area (Å²) in [6, 6.07) is -0.286. The Morgan fingerprint density at radius 3 is 2.67 bits per heavy atom. The van der Waals surface area contributed by atoms with Gasteiger partial charge in [-0.05, 0) is 13.0 Å². The maximum absolute atomic E-state index is 11.4. The number of carboxylic acid groups (broad SMARTS) is 1. The quantitative estimate of drug-likeness (QED) is 0.542. The molecule has 0 spiro atoms. The maximum atomic E-state index is 11.4. The lowest BCUT2D eigenvalue weighted by molar-refractivity contribution is -0.141. The molecule has 2 unspecified atom stereocenters. The standard InChI is InChI=1S/C10H16N4O4/c1-6(15)8(9(16)17)12-10(18)11-5-7-3-4-14(2)13-7/h3-4,6,8,15H,5H2,1-2H3,(H,16,17)(H2,11,12,18). The van der Waals surface area contributed by atoms with Gasteiger partial charge in [0.1, 0.15) is 0 Å². The van der Waals surface area contributed by atoms with Gasteiger partial charge in [-0.2, -0.15) is 5.10 Å². The highest BCUT2D eigenvalue weighted by Crippen LogP contribution is 1.95. The summed E-state index contributed by atoms with van der Waals surface area (Å²) in [6.45, 7) is 1.47. The molecular weight excluding hydrogens is 240 g/mol. The van der Waals surface area contributed by atoms with Crippen molar-refractivity contribution in [2.24, 2.45) is 7.05 Å². The van der Waals surface area contributed by atoms with Crippen molar-refractivity contribution >= 4 is 12.0 Å². The van der Waals surface area contributed by atoms with Gasteiger partial charge in [0, 0.05) is 13.2 Å². The second-order valence-electron chi connectivity index (χ2n) is 3.86. The zero-order chi connectivity index (χ0) is 13.7. The number of aliphatic carboxylic acids is 1. The van der Waals surface area contributed by atoms with Crippen LogP contribution in [0.25, 0.3) is 0 Å². The molecule has 0 aliphatic carbocycles. The summed E-state index contributed by atoms with van der Waals surface area (Å²) in [4.78, 5) is 22.1. The number of aliphatic hydroxyl groups excluding tert-OH is 1. The minimum atomic E-state index is -1.34. The van der Waals surface area contributed by atoms with E-state index in [0.29, 0.717) is 5.69 Å². The number of aliphatic hydroxyl groups is 1. The van der Waals surface area contributed by atoms with Crippen LogP contribution in [-0.4, -0.2) is 44.1 Å². The summed E-state index contributed by atoms with van der Waals surface area (Å²) in [5, 5.41) is 26.6. The molecule has 2 amide bonds. The van der Waals surface area contributed by atoms with Crippen LogP contribution >= 0.6 is 0 Å². The Hall–Kier alpha value is -2.09. The highest BCUT2D eigenvalue weighted by Gasteiger charge is 2.24. The number of hydrogen-bond acceptors (Lipinski definition) is 4. The Bertz CT molecular complexity index is 429. The summed E-state index contributed by atoms with van der Waals surface area (Å²) in [5.41, 5.74) is 0.650. The summed E-state index contributed by atoms with van der Waals surface area (Å²) in [5.74, 6) is -1.29. The zero-order valence-electron chi connectivity index (χ0n) is 10.1. The molecule has 1 aromatic heterocycles. The van der Waals surface area contributed by atoms with E-state index < -0.39 is 24.1 Å². The van der Waals surface area contributed by atoms with E-state index in [4.69, 9.17) is 5.11 Å². The van der Waals surface area contributed by atoms with Crippen LogP contribution in [0.15, 0.2) is 12.3 Å². The van der Waals surface area contributed by atoms with Crippen LogP contribution in [-0.2, 0) is 18.4 Å². The minimum Gasteiger partial charge on any atom is -0.480 e. The van der Waals surface area contributed by atoms with Crippen LogP contribution in [0.5, 0.6) is 0 Å². The van der Waals surface area contributed by atoms with Gasteiger partial charge in [-0.3, -0.25) is 4.68 Å². The predicted octanol–water partition coefficient (Wildman–Crippen LogP) is -0.947. The molecule has 18 heavy (non-hydrogen) atoms. The van der Waals surface area contributed by atoms with E-state index in [2.05, 4.69) is 15.7 Å². The maximum Gasteiger partial charge on any atom is 0.328 e. The molecule has 0 fully saturated rings. The fraction of sp³-hybridized carbons (Fsp3) is 0.500. The van der Waals surface area contributed by atoms with E-state index in [1.165, 1.54) is 6.92 Å². The number of carbonyl (C=O) groups is 2. The molecule has 100 valence electrons. The van der Waals surface area contributed by atoms with Crippen molar-refractivity contribution in [2.45, 2.75) is 25.6 Å². The van der Waals surface area contributed by atoms with Gasteiger partial charge in [0.05, 0.1) is 18.3 Å². The fourth-order valence-corrected chi connectivity index (χ4v) is 1.31. The van der Waals surface area contributed by atoms with Crippen molar-refractivity contribution < 1.29 is 19.8 Å². The van der Waals surface area contributed by atoms with Crippen molar-refractivity contribution in [3.05, 3.63) is 18.0 Å². The molecule has 1 rings (SSSR count). The summed E-state index contributed by atoms with van der Waals surface area (Å²) in [7, 11) is 1.75. The summed E-state index contributed by atoms with van der Waals surface area (Å²) < 4.78 is 1.59. The summed E-state index contributed by atoms with van der Waals surface area (Å²) >= 11 is 0. The monoisotopic (exact) mass is 256 g/mol. The van der Waals surface area contributed by atoms with Crippen LogP contribution in [0.4, 0.5) is 4.79 Å². The lowest BCUT2D eigenvalue weighted by atomic mass is 10.2. The van der Waals surface area contributed by atoms with Crippen molar-refractivity contribution in [3.8, 4) is 0 Å².